The van der Waals surface area contributed by atoms with Crippen LogP contribution in [0, 0.1) is 11.3 Å². The molecule has 5 atom stereocenters. The number of aliphatic hydroxyl groups excluding tert-OH is 2. The van der Waals surface area contributed by atoms with Crippen LogP contribution in [0.3, 0.4) is 0 Å². The third-order valence-electron chi connectivity index (χ3n) is 6.10. The molecular formula is C23H39N3O6. The van der Waals surface area contributed by atoms with Gasteiger partial charge in [0.2, 0.25) is 11.8 Å². The first kappa shape index (κ1) is 26.0. The Morgan fingerprint density at radius 3 is 2.25 bits per heavy atom. The van der Waals surface area contributed by atoms with Gasteiger partial charge in [0, 0.05) is 13.0 Å². The first-order valence-electron chi connectivity index (χ1n) is 11.2. The molecule has 0 radical (unpaired) electrons. The molecule has 1 heterocycles. The van der Waals surface area contributed by atoms with Crippen molar-refractivity contribution in [1.29, 1.82) is 0 Å². The molecule has 4 N–H and O–H groups in total. The molecule has 182 valence electrons. The van der Waals surface area contributed by atoms with Gasteiger partial charge in [-0.25, -0.2) is 4.79 Å². The fraction of sp³-hybridized carbons (Fsp3) is 0.783. The smallest absolute Gasteiger partial charge is 0.408 e. The van der Waals surface area contributed by atoms with Crippen molar-refractivity contribution < 1.29 is 29.3 Å². The molecule has 9 heteroatoms. The monoisotopic (exact) mass is 453 g/mol. The molecule has 3 amide bonds. The van der Waals surface area contributed by atoms with E-state index >= 15 is 0 Å². The van der Waals surface area contributed by atoms with Crippen LogP contribution < -0.4 is 10.6 Å². The van der Waals surface area contributed by atoms with Gasteiger partial charge < -0.3 is 30.5 Å². The van der Waals surface area contributed by atoms with E-state index in [9.17, 15) is 24.6 Å². The molecule has 0 aromatic rings. The number of carbonyl (C=O) groups excluding carboxylic acids is 3. The summed E-state index contributed by atoms with van der Waals surface area (Å²) in [5.41, 5.74) is -2.29. The largest absolute Gasteiger partial charge is 0.510 e. The van der Waals surface area contributed by atoms with Gasteiger partial charge in [-0.05, 0) is 38.5 Å². The minimum absolute atomic E-state index is 0.0240. The maximum atomic E-state index is 13.5. The number of hydrogen-bond donors (Lipinski definition) is 4. The van der Waals surface area contributed by atoms with Gasteiger partial charge in [-0.1, -0.05) is 40.7 Å². The quantitative estimate of drug-likeness (QED) is 0.457. The van der Waals surface area contributed by atoms with Crippen LogP contribution in [-0.4, -0.2) is 68.9 Å². The van der Waals surface area contributed by atoms with Crippen LogP contribution in [0.15, 0.2) is 12.3 Å². The molecule has 2 aliphatic rings. The van der Waals surface area contributed by atoms with Gasteiger partial charge in [-0.2, -0.15) is 0 Å². The van der Waals surface area contributed by atoms with Gasteiger partial charge in [0.15, 0.2) is 0 Å². The Morgan fingerprint density at radius 2 is 1.81 bits per heavy atom. The first-order chi connectivity index (χ1) is 14.5. The average molecular weight is 454 g/mol. The Labute approximate surface area is 190 Å². The van der Waals surface area contributed by atoms with Crippen LogP contribution in [-0.2, 0) is 14.3 Å². The van der Waals surface area contributed by atoms with E-state index in [1.807, 2.05) is 6.92 Å². The lowest BCUT2D eigenvalue weighted by molar-refractivity contribution is -0.142. The predicted octanol–water partition coefficient (Wildman–Crippen LogP) is 2.24. The fourth-order valence-electron chi connectivity index (χ4n) is 4.25. The van der Waals surface area contributed by atoms with Crippen molar-refractivity contribution >= 4 is 17.9 Å². The Kier molecular flexibility index (Phi) is 7.24. The Morgan fingerprint density at radius 1 is 1.22 bits per heavy atom. The van der Waals surface area contributed by atoms with Gasteiger partial charge >= 0.3 is 6.09 Å². The van der Waals surface area contributed by atoms with Crippen molar-refractivity contribution in [3.05, 3.63) is 12.3 Å². The lowest BCUT2D eigenvalue weighted by Gasteiger charge is -2.36. The van der Waals surface area contributed by atoms with Gasteiger partial charge in [-0.3, -0.25) is 9.59 Å². The fourth-order valence-corrected chi connectivity index (χ4v) is 4.25. The highest BCUT2D eigenvalue weighted by atomic mass is 16.6. The van der Waals surface area contributed by atoms with Crippen molar-refractivity contribution in [3.63, 3.8) is 0 Å². The Balaban J connectivity index is 2.21. The number of alkyl carbamates (subject to hydrolysis) is 1. The summed E-state index contributed by atoms with van der Waals surface area (Å²) in [5, 5.41) is 25.8. The lowest BCUT2D eigenvalue weighted by Crippen LogP contribution is -2.59. The molecule has 0 aromatic heterocycles. The standard InChI is InChI=1S/C23H39N3O6/c1-9-14-11-23(14,13(2)27)25-18(29)16-10-15(28)12-26(16)19(30)17(21(3,4)5)24-20(31)32-22(6,7)8/h14-17,27-28H,2,9-12H2,1,3-8H3,(H,24,31)(H,25,29)/t14-,15-,16+,17-,23+/m1/s1. The second-order valence-corrected chi connectivity index (χ2v) is 11.1. The first-order valence-corrected chi connectivity index (χ1v) is 11.2. The molecule has 1 aliphatic carbocycles. The molecule has 0 spiro atoms. The number of carbonyl (C=O) groups is 3. The van der Waals surface area contributed by atoms with Gasteiger partial charge in [0.05, 0.1) is 11.6 Å². The van der Waals surface area contributed by atoms with Crippen molar-refractivity contribution in [2.75, 3.05) is 6.54 Å². The lowest BCUT2D eigenvalue weighted by atomic mass is 9.85. The molecule has 0 unspecified atom stereocenters. The number of likely N-dealkylation sites (tertiary alicyclic amines) is 1. The van der Waals surface area contributed by atoms with Gasteiger partial charge in [0.25, 0.3) is 0 Å². The van der Waals surface area contributed by atoms with Crippen LogP contribution in [0.2, 0.25) is 0 Å². The van der Waals surface area contributed by atoms with E-state index in [-0.39, 0.29) is 24.6 Å². The van der Waals surface area contributed by atoms with Crippen molar-refractivity contribution in [3.8, 4) is 0 Å². The second-order valence-electron chi connectivity index (χ2n) is 11.1. The third-order valence-corrected chi connectivity index (χ3v) is 6.10. The molecule has 0 aromatic carbocycles. The number of ether oxygens (including phenoxy) is 1. The average Bonchev–Trinajstić information content (AvgIpc) is 3.20. The molecule has 1 saturated carbocycles. The summed E-state index contributed by atoms with van der Waals surface area (Å²) in [6, 6.07) is -1.89. The van der Waals surface area contributed by atoms with Crippen LogP contribution in [0.4, 0.5) is 4.79 Å². The normalized spacial score (nSPS) is 28.6. The van der Waals surface area contributed by atoms with E-state index in [0.717, 1.165) is 6.42 Å². The number of rotatable bonds is 6. The number of β-amino-alcohol motifs (C(OH)–C–C–N with tert-alkyl or cyclic N) is 1. The summed E-state index contributed by atoms with van der Waals surface area (Å²) in [5.74, 6) is -0.949. The number of nitrogens with zero attached hydrogens (tertiary/aromatic N) is 1. The molecule has 32 heavy (non-hydrogen) atoms. The molecule has 0 bridgehead atoms. The highest BCUT2D eigenvalue weighted by molar-refractivity contribution is 5.93. The zero-order valence-electron chi connectivity index (χ0n) is 20.3. The summed E-state index contributed by atoms with van der Waals surface area (Å²) in [6.07, 6.45) is -0.177. The van der Waals surface area contributed by atoms with Crippen LogP contribution in [0.5, 0.6) is 0 Å². The summed E-state index contributed by atoms with van der Waals surface area (Å²) in [7, 11) is 0. The predicted molar refractivity (Wildman–Crippen MR) is 120 cm³/mol. The van der Waals surface area contributed by atoms with E-state index in [0.29, 0.717) is 6.42 Å². The van der Waals surface area contributed by atoms with E-state index in [1.54, 1.807) is 41.5 Å². The molecular weight excluding hydrogens is 414 g/mol. The molecule has 1 saturated heterocycles. The highest BCUT2D eigenvalue weighted by Crippen LogP contribution is 2.49. The second kappa shape index (κ2) is 8.92. The van der Waals surface area contributed by atoms with E-state index in [1.165, 1.54) is 4.90 Å². The number of amides is 3. The molecule has 2 rings (SSSR count). The van der Waals surface area contributed by atoms with Gasteiger partial charge in [0.1, 0.15) is 23.4 Å². The maximum Gasteiger partial charge on any atom is 0.408 e. The minimum Gasteiger partial charge on any atom is -0.510 e. The topological polar surface area (TPSA) is 128 Å². The van der Waals surface area contributed by atoms with Crippen molar-refractivity contribution in [1.82, 2.24) is 15.5 Å². The van der Waals surface area contributed by atoms with E-state index in [4.69, 9.17) is 4.74 Å². The molecule has 9 nitrogen and oxygen atoms in total. The van der Waals surface area contributed by atoms with Crippen LogP contribution in [0.1, 0.15) is 67.7 Å². The minimum atomic E-state index is -0.968. The van der Waals surface area contributed by atoms with E-state index < -0.39 is 52.7 Å². The molecule has 1 aliphatic heterocycles. The number of nitrogens with one attached hydrogen (secondary N) is 2. The number of hydrogen-bond acceptors (Lipinski definition) is 6. The number of aliphatic hydroxyl groups is 2. The molecule has 2 fully saturated rings. The van der Waals surface area contributed by atoms with Crippen molar-refractivity contribution in [2.24, 2.45) is 11.3 Å². The zero-order chi connectivity index (χ0) is 24.6. The Hall–Kier alpha value is -2.29. The van der Waals surface area contributed by atoms with Crippen LogP contribution in [0.25, 0.3) is 0 Å². The summed E-state index contributed by atoms with van der Waals surface area (Å²) in [6.45, 7) is 16.1. The maximum absolute atomic E-state index is 13.5. The summed E-state index contributed by atoms with van der Waals surface area (Å²) in [4.78, 5) is 40.3. The zero-order valence-corrected chi connectivity index (χ0v) is 20.3. The van der Waals surface area contributed by atoms with Crippen LogP contribution >= 0.6 is 0 Å². The van der Waals surface area contributed by atoms with E-state index in [2.05, 4.69) is 17.2 Å². The van der Waals surface area contributed by atoms with Gasteiger partial charge in [-0.15, -0.1) is 0 Å². The highest BCUT2D eigenvalue weighted by Gasteiger charge is 2.58. The Bertz CT molecular complexity index is 769. The van der Waals surface area contributed by atoms with Crippen molar-refractivity contribution in [2.45, 2.75) is 97.1 Å². The summed E-state index contributed by atoms with van der Waals surface area (Å²) >= 11 is 0. The third kappa shape index (κ3) is 5.74. The SMILES string of the molecule is C=C(O)[C@@]1(NC(=O)[C@@H]2C[C@@H](O)CN2C(=O)[C@@H](NC(=O)OC(C)(C)C)C(C)(C)C)C[C@H]1CC. The summed E-state index contributed by atoms with van der Waals surface area (Å²) < 4.78 is 5.31.